The average Bonchev–Trinajstić information content (AvgIpc) is 2.97. The first kappa shape index (κ1) is 10.1. The summed E-state index contributed by atoms with van der Waals surface area (Å²) in [6.45, 7) is 2.43. The van der Waals surface area contributed by atoms with Crippen LogP contribution in [0.2, 0.25) is 0 Å². The van der Waals surface area contributed by atoms with Crippen LogP contribution in [0.3, 0.4) is 0 Å². The van der Waals surface area contributed by atoms with Crippen molar-refractivity contribution in [1.29, 1.82) is 0 Å². The quantitative estimate of drug-likeness (QED) is 0.880. The molecule has 0 aliphatic carbocycles. The van der Waals surface area contributed by atoms with Crippen LogP contribution in [0.4, 0.5) is 0 Å². The third-order valence-electron chi connectivity index (χ3n) is 2.84. The molecule has 0 spiro atoms. The molecule has 4 nitrogen and oxygen atoms in total. The molecule has 0 bridgehead atoms. The molecule has 0 saturated carbocycles. The molecule has 0 fully saturated rings. The van der Waals surface area contributed by atoms with Gasteiger partial charge in [0.1, 0.15) is 0 Å². The summed E-state index contributed by atoms with van der Waals surface area (Å²) in [7, 11) is 0. The van der Waals surface area contributed by atoms with E-state index >= 15 is 0 Å². The third-order valence-corrected chi connectivity index (χ3v) is 2.84. The Morgan fingerprint density at radius 2 is 1.94 bits per heavy atom. The summed E-state index contributed by atoms with van der Waals surface area (Å²) in [5.74, 6) is 1.64. The minimum absolute atomic E-state index is 0.205. The summed E-state index contributed by atoms with van der Waals surface area (Å²) in [6, 6.07) is 10.2. The highest BCUT2D eigenvalue weighted by Crippen LogP contribution is 2.34. The Kier molecular flexibility index (Phi) is 2.40. The molecule has 1 atom stereocenters. The van der Waals surface area contributed by atoms with E-state index in [1.54, 1.807) is 0 Å². The van der Waals surface area contributed by atoms with E-state index in [0.717, 1.165) is 11.5 Å². The normalized spacial score (nSPS) is 14.6. The Labute approximate surface area is 99.7 Å². The van der Waals surface area contributed by atoms with Crippen molar-refractivity contribution in [3.05, 3.63) is 48.3 Å². The largest absolute Gasteiger partial charge is 0.454 e. The first-order valence-corrected chi connectivity index (χ1v) is 5.62. The molecular formula is C13H14N2O2. The van der Waals surface area contributed by atoms with E-state index in [4.69, 9.17) is 9.47 Å². The van der Waals surface area contributed by atoms with Gasteiger partial charge in [0.05, 0.1) is 6.04 Å². The zero-order valence-corrected chi connectivity index (χ0v) is 9.59. The summed E-state index contributed by atoms with van der Waals surface area (Å²) in [4.78, 5) is 0. The van der Waals surface area contributed by atoms with Gasteiger partial charge in [-0.15, -0.1) is 0 Å². The zero-order chi connectivity index (χ0) is 11.7. The van der Waals surface area contributed by atoms with E-state index in [-0.39, 0.29) is 6.04 Å². The SMILES string of the molecule is CC(Nn1cccc1)c1ccc2c(c1)OCO2. The topological polar surface area (TPSA) is 35.4 Å². The van der Waals surface area contributed by atoms with Crippen LogP contribution in [0.15, 0.2) is 42.7 Å². The highest BCUT2D eigenvalue weighted by atomic mass is 16.7. The lowest BCUT2D eigenvalue weighted by Gasteiger charge is -2.16. The molecule has 0 radical (unpaired) electrons. The number of fused-ring (bicyclic) bond motifs is 1. The van der Waals surface area contributed by atoms with Crippen molar-refractivity contribution in [1.82, 2.24) is 4.68 Å². The number of benzene rings is 1. The van der Waals surface area contributed by atoms with Crippen molar-refractivity contribution in [3.8, 4) is 11.5 Å². The summed E-state index contributed by atoms with van der Waals surface area (Å²) < 4.78 is 12.6. The standard InChI is InChI=1S/C13H14N2O2/c1-10(14-15-6-2-3-7-15)11-4-5-12-13(8-11)17-9-16-12/h2-8,10,14H,9H2,1H3. The Hall–Kier alpha value is -2.10. The van der Waals surface area contributed by atoms with Crippen LogP contribution in [0.25, 0.3) is 0 Å². The minimum Gasteiger partial charge on any atom is -0.454 e. The van der Waals surface area contributed by atoms with E-state index in [1.165, 1.54) is 5.56 Å². The van der Waals surface area contributed by atoms with E-state index in [0.29, 0.717) is 6.79 Å². The third kappa shape index (κ3) is 1.93. The van der Waals surface area contributed by atoms with Crippen LogP contribution in [0.5, 0.6) is 11.5 Å². The Balaban J connectivity index is 1.79. The van der Waals surface area contributed by atoms with Crippen molar-refractivity contribution in [2.45, 2.75) is 13.0 Å². The van der Waals surface area contributed by atoms with Crippen molar-refractivity contribution < 1.29 is 9.47 Å². The number of hydrogen-bond donors (Lipinski definition) is 1. The first-order valence-electron chi connectivity index (χ1n) is 5.62. The molecule has 1 aromatic carbocycles. The number of aromatic nitrogens is 1. The van der Waals surface area contributed by atoms with Crippen LogP contribution in [0.1, 0.15) is 18.5 Å². The molecule has 0 saturated heterocycles. The summed E-state index contributed by atoms with van der Waals surface area (Å²) in [5, 5.41) is 0. The number of nitrogens with zero attached hydrogens (tertiary/aromatic N) is 1. The average molecular weight is 230 g/mol. The van der Waals surface area contributed by atoms with Gasteiger partial charge in [-0.2, -0.15) is 0 Å². The van der Waals surface area contributed by atoms with Gasteiger partial charge in [0.15, 0.2) is 11.5 Å². The van der Waals surface area contributed by atoms with Gasteiger partial charge >= 0.3 is 0 Å². The van der Waals surface area contributed by atoms with Crippen LogP contribution in [-0.4, -0.2) is 11.5 Å². The molecule has 4 heteroatoms. The van der Waals surface area contributed by atoms with Crippen LogP contribution < -0.4 is 14.9 Å². The molecule has 2 aromatic rings. The highest BCUT2D eigenvalue weighted by molar-refractivity contribution is 5.45. The molecule has 17 heavy (non-hydrogen) atoms. The van der Waals surface area contributed by atoms with Gasteiger partial charge in [-0.05, 0) is 36.8 Å². The first-order chi connectivity index (χ1) is 8.33. The van der Waals surface area contributed by atoms with Crippen molar-refractivity contribution >= 4 is 0 Å². The maximum Gasteiger partial charge on any atom is 0.231 e. The zero-order valence-electron chi connectivity index (χ0n) is 9.59. The molecule has 1 aliphatic heterocycles. The second kappa shape index (κ2) is 4.05. The second-order valence-corrected chi connectivity index (χ2v) is 4.05. The lowest BCUT2D eigenvalue weighted by atomic mass is 10.1. The maximum atomic E-state index is 5.37. The Morgan fingerprint density at radius 1 is 1.18 bits per heavy atom. The predicted molar refractivity (Wildman–Crippen MR) is 64.8 cm³/mol. The van der Waals surface area contributed by atoms with Gasteiger partial charge in [-0.1, -0.05) is 6.07 Å². The molecule has 1 aromatic heterocycles. The van der Waals surface area contributed by atoms with E-state index in [2.05, 4.69) is 18.4 Å². The second-order valence-electron chi connectivity index (χ2n) is 4.05. The molecule has 0 amide bonds. The van der Waals surface area contributed by atoms with E-state index in [1.807, 2.05) is 41.3 Å². The fourth-order valence-corrected chi connectivity index (χ4v) is 1.90. The fourth-order valence-electron chi connectivity index (χ4n) is 1.90. The van der Waals surface area contributed by atoms with E-state index in [9.17, 15) is 0 Å². The number of hydrogen-bond acceptors (Lipinski definition) is 3. The summed E-state index contributed by atoms with van der Waals surface area (Å²) in [6.07, 6.45) is 3.95. The van der Waals surface area contributed by atoms with Gasteiger partial charge in [0.25, 0.3) is 0 Å². The number of rotatable bonds is 3. The smallest absolute Gasteiger partial charge is 0.231 e. The lowest BCUT2D eigenvalue weighted by molar-refractivity contribution is 0.174. The molecule has 1 unspecified atom stereocenters. The molecule has 3 rings (SSSR count). The van der Waals surface area contributed by atoms with Gasteiger partial charge in [-0.3, -0.25) is 4.68 Å². The van der Waals surface area contributed by atoms with Gasteiger partial charge in [0, 0.05) is 12.4 Å². The van der Waals surface area contributed by atoms with Gasteiger partial charge in [-0.25, -0.2) is 0 Å². The van der Waals surface area contributed by atoms with Crippen LogP contribution in [-0.2, 0) is 0 Å². The molecular weight excluding hydrogens is 216 g/mol. The Bertz CT molecular complexity index is 508. The highest BCUT2D eigenvalue weighted by Gasteiger charge is 2.15. The van der Waals surface area contributed by atoms with E-state index < -0.39 is 0 Å². The molecule has 1 aliphatic rings. The Morgan fingerprint density at radius 3 is 2.76 bits per heavy atom. The summed E-state index contributed by atoms with van der Waals surface area (Å²) in [5.41, 5.74) is 4.52. The van der Waals surface area contributed by atoms with Crippen LogP contribution >= 0.6 is 0 Å². The van der Waals surface area contributed by atoms with Gasteiger partial charge < -0.3 is 14.9 Å². The number of ether oxygens (including phenoxy) is 2. The summed E-state index contributed by atoms with van der Waals surface area (Å²) >= 11 is 0. The maximum absolute atomic E-state index is 5.37. The monoisotopic (exact) mass is 230 g/mol. The van der Waals surface area contributed by atoms with Crippen molar-refractivity contribution in [2.75, 3.05) is 12.2 Å². The number of nitrogens with one attached hydrogen (secondary N) is 1. The van der Waals surface area contributed by atoms with Crippen LogP contribution in [0, 0.1) is 0 Å². The fraction of sp³-hybridized carbons (Fsp3) is 0.231. The minimum atomic E-state index is 0.205. The van der Waals surface area contributed by atoms with Gasteiger partial charge in [0.2, 0.25) is 6.79 Å². The van der Waals surface area contributed by atoms with Crippen molar-refractivity contribution in [2.24, 2.45) is 0 Å². The molecule has 88 valence electrons. The molecule has 2 heterocycles. The van der Waals surface area contributed by atoms with Crippen molar-refractivity contribution in [3.63, 3.8) is 0 Å². The lowest BCUT2D eigenvalue weighted by Crippen LogP contribution is -2.16. The molecule has 1 N–H and O–H groups in total. The predicted octanol–water partition coefficient (Wildman–Crippen LogP) is 2.52.